The van der Waals surface area contributed by atoms with Crippen LogP contribution in [0.2, 0.25) is 0 Å². The molecule has 0 saturated carbocycles. The molecule has 0 heterocycles. The fourth-order valence-electron chi connectivity index (χ4n) is 2.09. The highest BCUT2D eigenvalue weighted by atomic mass is 19.1. The number of para-hydroxylation sites is 1. The van der Waals surface area contributed by atoms with Crippen molar-refractivity contribution in [1.82, 2.24) is 0 Å². The van der Waals surface area contributed by atoms with Crippen molar-refractivity contribution in [3.05, 3.63) is 65.5 Å². The maximum Gasteiger partial charge on any atom is 0.123 e. The Morgan fingerprint density at radius 3 is 2.70 bits per heavy atom. The van der Waals surface area contributed by atoms with Gasteiger partial charge in [0.15, 0.2) is 0 Å². The molecule has 2 aromatic carbocycles. The van der Waals surface area contributed by atoms with Crippen molar-refractivity contribution >= 4 is 5.69 Å². The van der Waals surface area contributed by atoms with Crippen molar-refractivity contribution in [2.75, 3.05) is 11.9 Å². The number of ether oxygens (including phenoxy) is 1. The van der Waals surface area contributed by atoms with Crippen molar-refractivity contribution in [2.45, 2.75) is 26.5 Å². The molecule has 1 atom stereocenters. The molecular weight excluding hydrogens is 253 g/mol. The Balaban J connectivity index is 2.13. The summed E-state index contributed by atoms with van der Waals surface area (Å²) in [5.41, 5.74) is 3.06. The minimum absolute atomic E-state index is 0.0356. The number of hydrogen-bond acceptors (Lipinski definition) is 2. The smallest absolute Gasteiger partial charge is 0.123 e. The van der Waals surface area contributed by atoms with Crippen LogP contribution in [0.4, 0.5) is 10.1 Å². The molecule has 0 fully saturated rings. The average molecular weight is 273 g/mol. The molecule has 106 valence electrons. The lowest BCUT2D eigenvalue weighted by atomic mass is 10.1. The average Bonchev–Trinajstić information content (AvgIpc) is 2.46. The van der Waals surface area contributed by atoms with Crippen molar-refractivity contribution in [3.63, 3.8) is 0 Å². The SMILES string of the molecule is CCOCc1ccccc1NC(C)c1cccc(F)c1. The first-order chi connectivity index (χ1) is 9.70. The van der Waals surface area contributed by atoms with Crippen LogP contribution in [0, 0.1) is 5.82 Å². The Morgan fingerprint density at radius 1 is 1.15 bits per heavy atom. The standard InChI is InChI=1S/C17H20FNO/c1-3-20-12-15-7-4-5-10-17(15)19-13(2)14-8-6-9-16(18)11-14/h4-11,13,19H,3,12H2,1-2H3. The molecule has 3 heteroatoms. The summed E-state index contributed by atoms with van der Waals surface area (Å²) in [5.74, 6) is -0.209. The van der Waals surface area contributed by atoms with E-state index in [1.807, 2.05) is 44.2 Å². The zero-order valence-corrected chi connectivity index (χ0v) is 11.9. The van der Waals surface area contributed by atoms with Gasteiger partial charge < -0.3 is 10.1 Å². The highest BCUT2D eigenvalue weighted by molar-refractivity contribution is 5.52. The highest BCUT2D eigenvalue weighted by Crippen LogP contribution is 2.23. The first kappa shape index (κ1) is 14.5. The molecule has 20 heavy (non-hydrogen) atoms. The summed E-state index contributed by atoms with van der Waals surface area (Å²) in [6.45, 7) is 5.26. The summed E-state index contributed by atoms with van der Waals surface area (Å²) in [4.78, 5) is 0. The van der Waals surface area contributed by atoms with Crippen LogP contribution >= 0.6 is 0 Å². The lowest BCUT2D eigenvalue weighted by Crippen LogP contribution is -2.09. The van der Waals surface area contributed by atoms with Gasteiger partial charge in [0.1, 0.15) is 5.82 Å². The van der Waals surface area contributed by atoms with Crippen LogP contribution in [0.15, 0.2) is 48.5 Å². The number of rotatable bonds is 6. The number of halogens is 1. The molecule has 0 aliphatic rings. The maximum atomic E-state index is 13.3. The third-order valence-electron chi connectivity index (χ3n) is 3.20. The Morgan fingerprint density at radius 2 is 1.95 bits per heavy atom. The van der Waals surface area contributed by atoms with Gasteiger partial charge in [-0.1, -0.05) is 30.3 Å². The number of hydrogen-bond donors (Lipinski definition) is 1. The molecule has 0 amide bonds. The van der Waals surface area contributed by atoms with Gasteiger partial charge in [-0.15, -0.1) is 0 Å². The van der Waals surface area contributed by atoms with Gasteiger partial charge in [0.2, 0.25) is 0 Å². The molecule has 1 unspecified atom stereocenters. The van der Waals surface area contributed by atoms with E-state index in [0.29, 0.717) is 13.2 Å². The molecule has 0 aliphatic carbocycles. The molecule has 2 aromatic rings. The Hall–Kier alpha value is -1.87. The Labute approximate surface area is 119 Å². The third kappa shape index (κ3) is 3.81. The summed E-state index contributed by atoms with van der Waals surface area (Å²) in [7, 11) is 0. The second-order valence-corrected chi connectivity index (χ2v) is 4.72. The highest BCUT2D eigenvalue weighted by Gasteiger charge is 2.08. The molecule has 0 aliphatic heterocycles. The fourth-order valence-corrected chi connectivity index (χ4v) is 2.09. The normalized spacial score (nSPS) is 12.2. The topological polar surface area (TPSA) is 21.3 Å². The van der Waals surface area contributed by atoms with Gasteiger partial charge >= 0.3 is 0 Å². The van der Waals surface area contributed by atoms with Crippen LogP contribution in [0.1, 0.15) is 31.0 Å². The third-order valence-corrected chi connectivity index (χ3v) is 3.20. The second-order valence-electron chi connectivity index (χ2n) is 4.72. The van der Waals surface area contributed by atoms with E-state index >= 15 is 0 Å². The number of benzene rings is 2. The molecule has 2 rings (SSSR count). The number of nitrogens with one attached hydrogen (secondary N) is 1. The first-order valence-corrected chi connectivity index (χ1v) is 6.88. The van der Waals surface area contributed by atoms with Gasteiger partial charge in [0.05, 0.1) is 6.61 Å². The van der Waals surface area contributed by atoms with Crippen LogP contribution in [-0.4, -0.2) is 6.61 Å². The van der Waals surface area contributed by atoms with Gasteiger partial charge in [-0.25, -0.2) is 4.39 Å². The van der Waals surface area contributed by atoms with Crippen molar-refractivity contribution in [2.24, 2.45) is 0 Å². The zero-order valence-electron chi connectivity index (χ0n) is 11.9. The predicted octanol–water partition coefficient (Wildman–Crippen LogP) is 4.54. The quantitative estimate of drug-likeness (QED) is 0.834. The Bertz CT molecular complexity index is 556. The largest absolute Gasteiger partial charge is 0.378 e. The van der Waals surface area contributed by atoms with Crippen LogP contribution in [0.25, 0.3) is 0 Å². The van der Waals surface area contributed by atoms with Crippen LogP contribution in [0.5, 0.6) is 0 Å². The van der Waals surface area contributed by atoms with E-state index < -0.39 is 0 Å². The molecule has 1 N–H and O–H groups in total. The van der Waals surface area contributed by atoms with E-state index in [1.54, 1.807) is 12.1 Å². The Kier molecular flexibility index (Phi) is 5.13. The van der Waals surface area contributed by atoms with Crippen molar-refractivity contribution < 1.29 is 9.13 Å². The molecular formula is C17H20FNO. The van der Waals surface area contributed by atoms with Gasteiger partial charge in [0.25, 0.3) is 0 Å². The molecule has 0 bridgehead atoms. The van der Waals surface area contributed by atoms with Crippen LogP contribution in [0.3, 0.4) is 0 Å². The lowest BCUT2D eigenvalue weighted by molar-refractivity contribution is 0.134. The molecule has 0 spiro atoms. The van der Waals surface area contributed by atoms with Crippen molar-refractivity contribution in [3.8, 4) is 0 Å². The summed E-state index contributed by atoms with van der Waals surface area (Å²) in [6.07, 6.45) is 0. The van der Waals surface area contributed by atoms with Crippen LogP contribution < -0.4 is 5.32 Å². The van der Waals surface area contributed by atoms with Crippen molar-refractivity contribution in [1.29, 1.82) is 0 Å². The molecule has 0 aromatic heterocycles. The summed E-state index contributed by atoms with van der Waals surface area (Å²) in [6, 6.07) is 14.7. The summed E-state index contributed by atoms with van der Waals surface area (Å²) < 4.78 is 18.7. The minimum atomic E-state index is -0.209. The van der Waals surface area contributed by atoms with E-state index in [2.05, 4.69) is 5.32 Å². The maximum absolute atomic E-state index is 13.3. The van der Waals surface area contributed by atoms with Gasteiger partial charge in [-0.2, -0.15) is 0 Å². The zero-order chi connectivity index (χ0) is 14.4. The van der Waals surface area contributed by atoms with E-state index in [1.165, 1.54) is 6.07 Å². The fraction of sp³-hybridized carbons (Fsp3) is 0.294. The van der Waals surface area contributed by atoms with Gasteiger partial charge in [0, 0.05) is 23.9 Å². The summed E-state index contributed by atoms with van der Waals surface area (Å²) in [5, 5.41) is 3.42. The minimum Gasteiger partial charge on any atom is -0.378 e. The molecule has 0 saturated heterocycles. The van der Waals surface area contributed by atoms with E-state index in [0.717, 1.165) is 16.8 Å². The second kappa shape index (κ2) is 7.06. The van der Waals surface area contributed by atoms with E-state index in [4.69, 9.17) is 4.74 Å². The van der Waals surface area contributed by atoms with Gasteiger partial charge in [-0.05, 0) is 37.6 Å². The predicted molar refractivity (Wildman–Crippen MR) is 80.2 cm³/mol. The lowest BCUT2D eigenvalue weighted by Gasteiger charge is -2.18. The monoisotopic (exact) mass is 273 g/mol. The molecule has 2 nitrogen and oxygen atoms in total. The molecule has 0 radical (unpaired) electrons. The number of anilines is 1. The van der Waals surface area contributed by atoms with Crippen LogP contribution in [-0.2, 0) is 11.3 Å². The van der Waals surface area contributed by atoms with E-state index in [9.17, 15) is 4.39 Å². The van der Waals surface area contributed by atoms with Gasteiger partial charge in [-0.3, -0.25) is 0 Å². The van der Waals surface area contributed by atoms with E-state index in [-0.39, 0.29) is 11.9 Å². The summed E-state index contributed by atoms with van der Waals surface area (Å²) >= 11 is 0. The first-order valence-electron chi connectivity index (χ1n) is 6.88.